The summed E-state index contributed by atoms with van der Waals surface area (Å²) in [7, 11) is 0. The summed E-state index contributed by atoms with van der Waals surface area (Å²) in [5, 5.41) is 12.8. The Balaban J connectivity index is 1.60. The Bertz CT molecular complexity index is 476. The molecule has 1 amide bonds. The number of phenols is 1. The lowest BCUT2D eigenvalue weighted by atomic mass is 10.1. The Hall–Kier alpha value is -1.55. The van der Waals surface area contributed by atoms with Crippen LogP contribution in [0.25, 0.3) is 0 Å². The SMILES string of the molecule is O=C(Cc1ccc(O)cc1)N(CC1CC1)CC1CCCN1. The second kappa shape index (κ2) is 6.48. The standard InChI is InChI=1S/C17H24N2O2/c20-16-7-5-13(6-8-16)10-17(21)19(11-14-3-4-14)12-15-2-1-9-18-15/h5-8,14-15,18,20H,1-4,9-12H2. The first-order chi connectivity index (χ1) is 10.2. The molecule has 1 saturated carbocycles. The highest BCUT2D eigenvalue weighted by Crippen LogP contribution is 2.30. The summed E-state index contributed by atoms with van der Waals surface area (Å²) in [6.07, 6.45) is 5.35. The monoisotopic (exact) mass is 288 g/mol. The molecule has 1 aromatic carbocycles. The fourth-order valence-corrected chi connectivity index (χ4v) is 2.97. The molecule has 2 aliphatic rings. The molecule has 0 radical (unpaired) electrons. The molecule has 0 bridgehead atoms. The molecule has 2 fully saturated rings. The van der Waals surface area contributed by atoms with Gasteiger partial charge in [-0.1, -0.05) is 12.1 Å². The zero-order valence-corrected chi connectivity index (χ0v) is 12.4. The van der Waals surface area contributed by atoms with Crippen LogP contribution < -0.4 is 5.32 Å². The van der Waals surface area contributed by atoms with Crippen molar-refractivity contribution in [1.29, 1.82) is 0 Å². The van der Waals surface area contributed by atoms with Crippen molar-refractivity contribution in [3.8, 4) is 5.75 Å². The van der Waals surface area contributed by atoms with Crippen molar-refractivity contribution >= 4 is 5.91 Å². The molecule has 1 aromatic rings. The van der Waals surface area contributed by atoms with E-state index in [4.69, 9.17) is 0 Å². The normalized spacial score (nSPS) is 21.4. The quantitative estimate of drug-likeness (QED) is 0.841. The topological polar surface area (TPSA) is 52.6 Å². The smallest absolute Gasteiger partial charge is 0.227 e. The summed E-state index contributed by atoms with van der Waals surface area (Å²) in [6.45, 7) is 2.83. The maximum atomic E-state index is 12.6. The van der Waals surface area contributed by atoms with Gasteiger partial charge in [0, 0.05) is 19.1 Å². The van der Waals surface area contributed by atoms with E-state index in [2.05, 4.69) is 5.32 Å². The molecule has 3 rings (SSSR count). The van der Waals surface area contributed by atoms with Crippen LogP contribution in [0.5, 0.6) is 5.75 Å². The van der Waals surface area contributed by atoms with Crippen LogP contribution in [0, 0.1) is 5.92 Å². The van der Waals surface area contributed by atoms with Crippen LogP contribution in [-0.4, -0.2) is 41.6 Å². The van der Waals surface area contributed by atoms with E-state index in [-0.39, 0.29) is 11.7 Å². The molecule has 0 aromatic heterocycles. The number of nitrogens with one attached hydrogen (secondary N) is 1. The lowest BCUT2D eigenvalue weighted by Gasteiger charge is -2.26. The van der Waals surface area contributed by atoms with Crippen LogP contribution in [0.3, 0.4) is 0 Å². The highest BCUT2D eigenvalue weighted by molar-refractivity contribution is 5.79. The molecule has 1 atom stereocenters. The van der Waals surface area contributed by atoms with E-state index in [0.29, 0.717) is 12.5 Å². The first-order valence-electron chi connectivity index (χ1n) is 8.00. The van der Waals surface area contributed by atoms with Crippen LogP contribution in [-0.2, 0) is 11.2 Å². The van der Waals surface area contributed by atoms with Crippen LogP contribution in [0.4, 0.5) is 0 Å². The highest BCUT2D eigenvalue weighted by atomic mass is 16.3. The molecule has 4 heteroatoms. The number of nitrogens with zero attached hydrogens (tertiary/aromatic N) is 1. The van der Waals surface area contributed by atoms with Gasteiger partial charge in [0.15, 0.2) is 0 Å². The molecule has 21 heavy (non-hydrogen) atoms. The first kappa shape index (κ1) is 14.4. The lowest BCUT2D eigenvalue weighted by molar-refractivity contribution is -0.131. The second-order valence-electron chi connectivity index (χ2n) is 6.38. The lowest BCUT2D eigenvalue weighted by Crippen LogP contribution is -2.42. The number of carbonyl (C=O) groups is 1. The van der Waals surface area contributed by atoms with Crippen molar-refractivity contribution in [3.63, 3.8) is 0 Å². The third kappa shape index (κ3) is 4.21. The molecule has 0 spiro atoms. The number of hydrogen-bond acceptors (Lipinski definition) is 3. The van der Waals surface area contributed by atoms with Gasteiger partial charge in [0.25, 0.3) is 0 Å². The third-order valence-corrected chi connectivity index (χ3v) is 4.42. The van der Waals surface area contributed by atoms with Gasteiger partial charge in [-0.15, -0.1) is 0 Å². The maximum absolute atomic E-state index is 12.6. The Morgan fingerprint density at radius 3 is 2.57 bits per heavy atom. The van der Waals surface area contributed by atoms with E-state index in [1.807, 2.05) is 17.0 Å². The van der Waals surface area contributed by atoms with Crippen LogP contribution in [0.15, 0.2) is 24.3 Å². The van der Waals surface area contributed by atoms with Gasteiger partial charge >= 0.3 is 0 Å². The minimum atomic E-state index is 0.210. The molecular weight excluding hydrogens is 264 g/mol. The average Bonchev–Trinajstić information content (AvgIpc) is 3.14. The molecule has 1 unspecified atom stereocenters. The zero-order chi connectivity index (χ0) is 14.7. The Morgan fingerprint density at radius 1 is 1.19 bits per heavy atom. The van der Waals surface area contributed by atoms with E-state index >= 15 is 0 Å². The van der Waals surface area contributed by atoms with Crippen molar-refractivity contribution in [3.05, 3.63) is 29.8 Å². The van der Waals surface area contributed by atoms with Crippen LogP contribution in [0.2, 0.25) is 0 Å². The third-order valence-electron chi connectivity index (χ3n) is 4.42. The number of phenolic OH excluding ortho intramolecular Hbond substituents is 1. The van der Waals surface area contributed by atoms with Crippen molar-refractivity contribution < 1.29 is 9.90 Å². The highest BCUT2D eigenvalue weighted by Gasteiger charge is 2.28. The van der Waals surface area contributed by atoms with Gasteiger partial charge in [-0.05, 0) is 55.8 Å². The van der Waals surface area contributed by atoms with E-state index in [0.717, 1.165) is 31.1 Å². The van der Waals surface area contributed by atoms with Gasteiger partial charge in [-0.2, -0.15) is 0 Å². The van der Waals surface area contributed by atoms with Gasteiger partial charge in [0.05, 0.1) is 6.42 Å². The molecule has 114 valence electrons. The number of benzene rings is 1. The fraction of sp³-hybridized carbons (Fsp3) is 0.588. The summed E-state index contributed by atoms with van der Waals surface area (Å²) < 4.78 is 0. The van der Waals surface area contributed by atoms with Crippen LogP contribution in [0.1, 0.15) is 31.2 Å². The van der Waals surface area contributed by atoms with Gasteiger partial charge < -0.3 is 15.3 Å². The summed E-state index contributed by atoms with van der Waals surface area (Å²) in [6, 6.07) is 7.42. The summed E-state index contributed by atoms with van der Waals surface area (Å²) >= 11 is 0. The van der Waals surface area contributed by atoms with E-state index in [1.165, 1.54) is 25.7 Å². The summed E-state index contributed by atoms with van der Waals surface area (Å²) in [5.41, 5.74) is 0.970. The number of hydrogen-bond donors (Lipinski definition) is 2. The van der Waals surface area contributed by atoms with Gasteiger partial charge in [-0.25, -0.2) is 0 Å². The van der Waals surface area contributed by atoms with Gasteiger partial charge in [0.2, 0.25) is 5.91 Å². The molecule has 1 aliphatic carbocycles. The predicted molar refractivity (Wildman–Crippen MR) is 82.1 cm³/mol. The molecule has 4 nitrogen and oxygen atoms in total. The van der Waals surface area contributed by atoms with Crippen molar-refractivity contribution in [1.82, 2.24) is 10.2 Å². The summed E-state index contributed by atoms with van der Waals surface area (Å²) in [5.74, 6) is 1.17. The predicted octanol–water partition coefficient (Wildman–Crippen LogP) is 1.93. The molecule has 1 heterocycles. The van der Waals surface area contributed by atoms with Crippen molar-refractivity contribution in [2.45, 2.75) is 38.1 Å². The maximum Gasteiger partial charge on any atom is 0.227 e. The van der Waals surface area contributed by atoms with E-state index < -0.39 is 0 Å². The zero-order valence-electron chi connectivity index (χ0n) is 12.4. The number of rotatable bonds is 6. The molecule has 2 N–H and O–H groups in total. The number of aromatic hydroxyl groups is 1. The fourth-order valence-electron chi connectivity index (χ4n) is 2.97. The average molecular weight is 288 g/mol. The number of carbonyl (C=O) groups excluding carboxylic acids is 1. The van der Waals surface area contributed by atoms with Crippen molar-refractivity contribution in [2.24, 2.45) is 5.92 Å². The Kier molecular flexibility index (Phi) is 4.44. The Morgan fingerprint density at radius 2 is 1.95 bits per heavy atom. The molecule has 1 aliphatic heterocycles. The molecular formula is C17H24N2O2. The minimum absolute atomic E-state index is 0.210. The summed E-state index contributed by atoms with van der Waals surface area (Å²) in [4.78, 5) is 14.6. The van der Waals surface area contributed by atoms with E-state index in [9.17, 15) is 9.90 Å². The van der Waals surface area contributed by atoms with Gasteiger partial charge in [-0.3, -0.25) is 4.79 Å². The number of amides is 1. The molecule has 1 saturated heterocycles. The second-order valence-corrected chi connectivity index (χ2v) is 6.38. The Labute approximate surface area is 126 Å². The van der Waals surface area contributed by atoms with E-state index in [1.54, 1.807) is 12.1 Å². The first-order valence-corrected chi connectivity index (χ1v) is 8.00. The van der Waals surface area contributed by atoms with Crippen molar-refractivity contribution in [2.75, 3.05) is 19.6 Å². The minimum Gasteiger partial charge on any atom is -0.508 e. The van der Waals surface area contributed by atoms with Crippen LogP contribution >= 0.6 is 0 Å². The largest absolute Gasteiger partial charge is 0.508 e. The van der Waals surface area contributed by atoms with Gasteiger partial charge in [0.1, 0.15) is 5.75 Å².